The molecule has 0 saturated carbocycles. The van der Waals surface area contributed by atoms with E-state index in [0.717, 1.165) is 44.9 Å². The van der Waals surface area contributed by atoms with Crippen molar-refractivity contribution in [3.8, 4) is 0 Å². The van der Waals surface area contributed by atoms with Crippen molar-refractivity contribution in [1.29, 1.82) is 0 Å². The molecule has 0 bridgehead atoms. The Morgan fingerprint density at radius 3 is 0.853 bits per heavy atom. The quantitative estimate of drug-likeness (QED) is 0.0308. The van der Waals surface area contributed by atoms with Crippen molar-refractivity contribution < 1.29 is 25.2 Å². The van der Waals surface area contributed by atoms with Gasteiger partial charge in [0.25, 0.3) is 0 Å². The molecule has 6 heteroatoms. The number of amides is 1. The molecule has 1 amide bonds. The fraction of sp³-hybridized carbons (Fsp3) is 0.952. The van der Waals surface area contributed by atoms with E-state index in [0.29, 0.717) is 12.8 Å². The van der Waals surface area contributed by atoms with Crippen molar-refractivity contribution in [2.45, 2.75) is 372 Å². The van der Waals surface area contributed by atoms with Crippen LogP contribution in [0.25, 0.3) is 0 Å². The van der Waals surface area contributed by atoms with Crippen molar-refractivity contribution >= 4 is 5.91 Å². The van der Waals surface area contributed by atoms with Crippen molar-refractivity contribution in [1.82, 2.24) is 5.32 Å². The van der Waals surface area contributed by atoms with E-state index in [-0.39, 0.29) is 0 Å². The highest BCUT2D eigenvalue weighted by Gasteiger charge is 2.28. The maximum atomic E-state index is 12.6. The summed E-state index contributed by atoms with van der Waals surface area (Å²) in [5.74, 6) is -0.582. The zero-order valence-corrected chi connectivity index (χ0v) is 46.1. The molecule has 0 aliphatic carbocycles. The molecular weight excluding hydrogens is 839 g/mol. The average molecular weight is 963 g/mol. The normalized spacial score (nSPS) is 13.7. The summed E-state index contributed by atoms with van der Waals surface area (Å²) >= 11 is 0. The van der Waals surface area contributed by atoms with Crippen LogP contribution in [0.4, 0.5) is 0 Å². The Labute approximate surface area is 425 Å². The molecule has 0 rings (SSSR count). The second kappa shape index (κ2) is 57.0. The largest absolute Gasteiger partial charge is 0.394 e. The van der Waals surface area contributed by atoms with Crippen LogP contribution in [-0.4, -0.2) is 57.3 Å². The minimum atomic E-state index is -1.26. The Morgan fingerprint density at radius 2 is 0.588 bits per heavy atom. The van der Waals surface area contributed by atoms with E-state index in [2.05, 4.69) is 31.3 Å². The molecular formula is C62H123NO5. The van der Waals surface area contributed by atoms with Crippen LogP contribution >= 0.6 is 0 Å². The summed E-state index contributed by atoms with van der Waals surface area (Å²) < 4.78 is 0. The van der Waals surface area contributed by atoms with Crippen LogP contribution < -0.4 is 5.32 Å². The first-order chi connectivity index (χ1) is 33.5. The standard InChI is InChI=1S/C62H123NO5/c1-3-5-7-9-11-13-15-17-19-21-23-25-27-28-29-30-31-32-33-34-36-37-39-41-43-45-47-49-51-53-55-59(65)61(67)58(57-64)63-62(68)60(66)56-54-52-50-48-46-44-42-40-38-35-26-24-22-20-18-16-14-12-10-8-6-4-2/h38,40,58-61,64-67H,3-37,39,41-57H2,1-2H3,(H,63,68)/b40-38-. The number of rotatable bonds is 58. The Balaban J connectivity index is 3.56. The zero-order valence-electron chi connectivity index (χ0n) is 46.1. The Hall–Kier alpha value is -0.950. The molecule has 0 aromatic carbocycles. The summed E-state index contributed by atoms with van der Waals surface area (Å²) in [6.45, 7) is 4.10. The molecule has 0 radical (unpaired) electrons. The number of nitrogens with one attached hydrogen (secondary N) is 1. The number of allylic oxidation sites excluding steroid dienone is 2. The van der Waals surface area contributed by atoms with E-state index < -0.39 is 36.9 Å². The lowest BCUT2D eigenvalue weighted by molar-refractivity contribution is -0.132. The first-order valence-corrected chi connectivity index (χ1v) is 31.1. The molecule has 0 aliphatic rings. The SMILES string of the molecule is CCCCCCCCCCCCCC/C=C\CCCCCCCCC(O)C(=O)NC(CO)C(O)C(O)CCCCCCCCCCCCCCCCCCCCCCCCCCCCCCCC. The predicted molar refractivity (Wildman–Crippen MR) is 298 cm³/mol. The highest BCUT2D eigenvalue weighted by Crippen LogP contribution is 2.19. The van der Waals surface area contributed by atoms with Gasteiger partial charge < -0.3 is 25.7 Å². The molecule has 4 atom stereocenters. The van der Waals surface area contributed by atoms with Gasteiger partial charge in [0.2, 0.25) is 5.91 Å². The van der Waals surface area contributed by atoms with Gasteiger partial charge in [-0.05, 0) is 38.5 Å². The van der Waals surface area contributed by atoms with Crippen LogP contribution in [0.5, 0.6) is 0 Å². The van der Waals surface area contributed by atoms with Gasteiger partial charge in [0, 0.05) is 0 Å². The van der Waals surface area contributed by atoms with Gasteiger partial charge in [-0.1, -0.05) is 321 Å². The Morgan fingerprint density at radius 1 is 0.353 bits per heavy atom. The highest BCUT2D eigenvalue weighted by atomic mass is 16.3. The Kier molecular flexibility index (Phi) is 56.2. The van der Waals surface area contributed by atoms with E-state index >= 15 is 0 Å². The smallest absolute Gasteiger partial charge is 0.249 e. The van der Waals surface area contributed by atoms with Crippen molar-refractivity contribution in [2.24, 2.45) is 0 Å². The zero-order chi connectivity index (χ0) is 49.5. The van der Waals surface area contributed by atoms with Crippen LogP contribution in [0.3, 0.4) is 0 Å². The Bertz CT molecular complexity index is 990. The number of hydrogen-bond acceptors (Lipinski definition) is 5. The highest BCUT2D eigenvalue weighted by molar-refractivity contribution is 5.80. The molecule has 0 saturated heterocycles. The molecule has 0 aromatic rings. The maximum Gasteiger partial charge on any atom is 0.249 e. The van der Waals surface area contributed by atoms with Crippen molar-refractivity contribution in [3.63, 3.8) is 0 Å². The molecule has 0 fully saturated rings. The number of carbonyl (C=O) groups excluding carboxylic acids is 1. The van der Waals surface area contributed by atoms with E-state index in [1.165, 1.54) is 276 Å². The molecule has 0 aromatic heterocycles. The third kappa shape index (κ3) is 50.0. The van der Waals surface area contributed by atoms with Gasteiger partial charge in [0.05, 0.1) is 18.8 Å². The van der Waals surface area contributed by atoms with Crippen LogP contribution in [0.1, 0.15) is 348 Å². The lowest BCUT2D eigenvalue weighted by Crippen LogP contribution is -2.53. The summed E-state index contributed by atoms with van der Waals surface area (Å²) in [5.41, 5.74) is 0. The first kappa shape index (κ1) is 67.0. The monoisotopic (exact) mass is 962 g/mol. The van der Waals surface area contributed by atoms with E-state index in [9.17, 15) is 25.2 Å². The van der Waals surface area contributed by atoms with E-state index in [1.54, 1.807) is 0 Å². The molecule has 68 heavy (non-hydrogen) atoms. The van der Waals surface area contributed by atoms with Crippen LogP contribution in [0.15, 0.2) is 12.2 Å². The lowest BCUT2D eigenvalue weighted by atomic mass is 9.99. The molecule has 0 heterocycles. The fourth-order valence-corrected chi connectivity index (χ4v) is 10.1. The van der Waals surface area contributed by atoms with Crippen molar-refractivity contribution in [3.05, 3.63) is 12.2 Å². The number of aliphatic hydroxyl groups excluding tert-OH is 4. The van der Waals surface area contributed by atoms with Gasteiger partial charge in [0.15, 0.2) is 0 Å². The fourth-order valence-electron chi connectivity index (χ4n) is 10.1. The van der Waals surface area contributed by atoms with Crippen molar-refractivity contribution in [2.75, 3.05) is 6.61 Å². The minimum absolute atomic E-state index is 0.365. The van der Waals surface area contributed by atoms with Gasteiger partial charge in [0.1, 0.15) is 12.2 Å². The number of carbonyl (C=O) groups is 1. The summed E-state index contributed by atoms with van der Waals surface area (Å²) in [6, 6.07) is -0.987. The third-order valence-electron chi connectivity index (χ3n) is 15.0. The molecule has 5 N–H and O–H groups in total. The first-order valence-electron chi connectivity index (χ1n) is 31.1. The minimum Gasteiger partial charge on any atom is -0.394 e. The molecule has 406 valence electrons. The third-order valence-corrected chi connectivity index (χ3v) is 15.0. The van der Waals surface area contributed by atoms with E-state index in [4.69, 9.17) is 0 Å². The molecule has 6 nitrogen and oxygen atoms in total. The molecule has 0 spiro atoms. The molecule has 0 aliphatic heterocycles. The predicted octanol–water partition coefficient (Wildman–Crippen LogP) is 18.4. The number of hydrogen-bond donors (Lipinski definition) is 5. The maximum absolute atomic E-state index is 12.6. The average Bonchev–Trinajstić information content (AvgIpc) is 3.34. The van der Waals surface area contributed by atoms with E-state index in [1.807, 2.05) is 0 Å². The summed E-state index contributed by atoms with van der Waals surface area (Å²) in [5, 5.41) is 44.1. The van der Waals surface area contributed by atoms with Crippen LogP contribution in [0.2, 0.25) is 0 Å². The summed E-state index contributed by atoms with van der Waals surface area (Å²) in [7, 11) is 0. The second-order valence-electron chi connectivity index (χ2n) is 21.8. The molecule has 4 unspecified atom stereocenters. The van der Waals surface area contributed by atoms with Gasteiger partial charge in [-0.2, -0.15) is 0 Å². The van der Waals surface area contributed by atoms with Gasteiger partial charge in [-0.3, -0.25) is 4.79 Å². The van der Waals surface area contributed by atoms with Crippen LogP contribution in [0, 0.1) is 0 Å². The number of aliphatic hydroxyl groups is 4. The summed E-state index contributed by atoms with van der Waals surface area (Å²) in [6.07, 6.45) is 68.7. The van der Waals surface area contributed by atoms with Gasteiger partial charge in [-0.25, -0.2) is 0 Å². The van der Waals surface area contributed by atoms with Gasteiger partial charge in [-0.15, -0.1) is 0 Å². The van der Waals surface area contributed by atoms with Crippen LogP contribution in [-0.2, 0) is 4.79 Å². The summed E-state index contributed by atoms with van der Waals surface area (Å²) in [4.78, 5) is 12.6. The second-order valence-corrected chi connectivity index (χ2v) is 21.8. The van der Waals surface area contributed by atoms with Gasteiger partial charge >= 0.3 is 0 Å². The lowest BCUT2D eigenvalue weighted by Gasteiger charge is -2.27. The number of unbranched alkanes of at least 4 members (excludes halogenated alkanes) is 47. The topological polar surface area (TPSA) is 110 Å².